The number of pyridine rings is 1. The van der Waals surface area contributed by atoms with Gasteiger partial charge in [0, 0.05) is 43.3 Å². The quantitative estimate of drug-likeness (QED) is 0.719. The van der Waals surface area contributed by atoms with E-state index >= 15 is 0 Å². The van der Waals surface area contributed by atoms with Crippen LogP contribution in [0.3, 0.4) is 0 Å². The second kappa shape index (κ2) is 9.04. The molecule has 1 aromatic carbocycles. The molecule has 138 valence electrons. The molecule has 0 fully saturated rings. The number of aromatic nitrogens is 1. The second-order valence-electron chi connectivity index (χ2n) is 7.80. The van der Waals surface area contributed by atoms with Crippen molar-refractivity contribution in [1.82, 2.24) is 9.88 Å². The number of methoxy groups -OCH3 is 1. The van der Waals surface area contributed by atoms with E-state index in [1.54, 1.807) is 7.11 Å². The predicted octanol–water partition coefficient (Wildman–Crippen LogP) is 4.66. The number of nitrogens with one attached hydrogen (secondary N) is 1. The summed E-state index contributed by atoms with van der Waals surface area (Å²) < 4.78 is 5.45. The zero-order valence-electron chi connectivity index (χ0n) is 16.5. The van der Waals surface area contributed by atoms with Gasteiger partial charge in [-0.2, -0.15) is 0 Å². The molecular weight excluding hydrogens is 310 g/mol. The highest BCUT2D eigenvalue weighted by molar-refractivity contribution is 5.91. The zero-order chi connectivity index (χ0) is 18.4. The fourth-order valence-corrected chi connectivity index (χ4v) is 3.35. The molecule has 0 spiro atoms. The SMILES string of the molecule is COc1cc(N[C@@H](C)CN(CC(C)C)CC(C)C)c2ncccc2c1. The first-order valence-electron chi connectivity index (χ1n) is 9.30. The minimum atomic E-state index is 0.329. The van der Waals surface area contributed by atoms with Crippen LogP contribution in [-0.4, -0.2) is 42.7 Å². The fraction of sp³-hybridized carbons (Fsp3) is 0.571. The first-order valence-corrected chi connectivity index (χ1v) is 9.30. The van der Waals surface area contributed by atoms with Crippen molar-refractivity contribution in [2.45, 2.75) is 40.7 Å². The van der Waals surface area contributed by atoms with E-state index < -0.39 is 0 Å². The average molecular weight is 344 g/mol. The highest BCUT2D eigenvalue weighted by Crippen LogP contribution is 2.28. The number of hydrogen-bond acceptors (Lipinski definition) is 4. The zero-order valence-corrected chi connectivity index (χ0v) is 16.5. The largest absolute Gasteiger partial charge is 0.497 e. The summed E-state index contributed by atoms with van der Waals surface area (Å²) in [4.78, 5) is 7.11. The molecule has 0 aliphatic rings. The monoisotopic (exact) mass is 343 g/mol. The summed E-state index contributed by atoms with van der Waals surface area (Å²) in [6.07, 6.45) is 1.84. The van der Waals surface area contributed by atoms with Crippen molar-refractivity contribution in [2.75, 3.05) is 32.1 Å². The lowest BCUT2D eigenvalue weighted by Gasteiger charge is -2.29. The third kappa shape index (κ3) is 5.89. The van der Waals surface area contributed by atoms with Crippen LogP contribution in [0.5, 0.6) is 5.75 Å². The molecule has 0 radical (unpaired) electrons. The van der Waals surface area contributed by atoms with Gasteiger partial charge in [0.15, 0.2) is 0 Å². The van der Waals surface area contributed by atoms with Crippen molar-refractivity contribution < 1.29 is 4.74 Å². The Morgan fingerprint density at radius 2 is 1.72 bits per heavy atom. The third-order valence-corrected chi connectivity index (χ3v) is 4.09. The van der Waals surface area contributed by atoms with Crippen LogP contribution < -0.4 is 10.1 Å². The van der Waals surface area contributed by atoms with Gasteiger partial charge in [-0.25, -0.2) is 0 Å². The van der Waals surface area contributed by atoms with E-state index in [1.165, 1.54) is 0 Å². The van der Waals surface area contributed by atoms with E-state index in [4.69, 9.17) is 4.74 Å². The van der Waals surface area contributed by atoms with E-state index in [2.05, 4.69) is 55.9 Å². The Labute approximate surface area is 152 Å². The highest BCUT2D eigenvalue weighted by atomic mass is 16.5. The lowest BCUT2D eigenvalue weighted by molar-refractivity contribution is 0.214. The summed E-state index contributed by atoms with van der Waals surface area (Å²) in [5.41, 5.74) is 2.03. The maximum absolute atomic E-state index is 5.45. The van der Waals surface area contributed by atoms with Gasteiger partial charge in [0.1, 0.15) is 5.75 Å². The van der Waals surface area contributed by atoms with Gasteiger partial charge in [-0.3, -0.25) is 4.98 Å². The predicted molar refractivity (Wildman–Crippen MR) is 107 cm³/mol. The van der Waals surface area contributed by atoms with Crippen molar-refractivity contribution in [3.8, 4) is 5.75 Å². The van der Waals surface area contributed by atoms with Crippen LogP contribution in [-0.2, 0) is 0 Å². The molecular formula is C21H33N3O. The molecule has 0 bridgehead atoms. The van der Waals surface area contributed by atoms with Gasteiger partial charge < -0.3 is 15.0 Å². The van der Waals surface area contributed by atoms with Crippen LogP contribution >= 0.6 is 0 Å². The first kappa shape index (κ1) is 19.5. The Kier molecular flexibility index (Phi) is 7.06. The number of benzene rings is 1. The normalized spacial score (nSPS) is 13.0. The van der Waals surface area contributed by atoms with Crippen molar-refractivity contribution in [3.05, 3.63) is 30.5 Å². The Morgan fingerprint density at radius 1 is 1.04 bits per heavy atom. The van der Waals surface area contributed by atoms with Gasteiger partial charge in [0.2, 0.25) is 0 Å². The summed E-state index contributed by atoms with van der Waals surface area (Å²) in [5, 5.41) is 4.75. The number of fused-ring (bicyclic) bond motifs is 1. The Hall–Kier alpha value is -1.81. The van der Waals surface area contributed by atoms with Gasteiger partial charge in [0.25, 0.3) is 0 Å². The molecule has 2 aromatic rings. The minimum Gasteiger partial charge on any atom is -0.497 e. The molecule has 1 heterocycles. The molecule has 4 heteroatoms. The molecule has 25 heavy (non-hydrogen) atoms. The number of anilines is 1. The minimum absolute atomic E-state index is 0.329. The first-order chi connectivity index (χ1) is 11.9. The van der Waals surface area contributed by atoms with Gasteiger partial charge in [0.05, 0.1) is 18.3 Å². The molecule has 0 aliphatic heterocycles. The number of nitrogens with zero attached hydrogens (tertiary/aromatic N) is 2. The van der Waals surface area contributed by atoms with Crippen molar-refractivity contribution >= 4 is 16.6 Å². The lowest BCUT2D eigenvalue weighted by Crippen LogP contribution is -2.39. The van der Waals surface area contributed by atoms with E-state index in [9.17, 15) is 0 Å². The smallest absolute Gasteiger partial charge is 0.121 e. The molecule has 1 N–H and O–H groups in total. The molecule has 0 unspecified atom stereocenters. The topological polar surface area (TPSA) is 37.4 Å². The van der Waals surface area contributed by atoms with Gasteiger partial charge >= 0.3 is 0 Å². The van der Waals surface area contributed by atoms with Crippen molar-refractivity contribution in [1.29, 1.82) is 0 Å². The molecule has 4 nitrogen and oxygen atoms in total. The van der Waals surface area contributed by atoms with Gasteiger partial charge in [-0.1, -0.05) is 33.8 Å². The second-order valence-corrected chi connectivity index (χ2v) is 7.80. The van der Waals surface area contributed by atoms with Gasteiger partial charge in [-0.05, 0) is 30.9 Å². The molecule has 0 aliphatic carbocycles. The standard InChI is InChI=1S/C21H33N3O/c1-15(2)12-24(13-16(3)4)14-17(5)23-20-11-19(25-6)10-18-8-7-9-22-21(18)20/h7-11,15-17,23H,12-14H2,1-6H3/t17-/m0/s1. The lowest BCUT2D eigenvalue weighted by atomic mass is 10.1. The number of hydrogen-bond donors (Lipinski definition) is 1. The summed E-state index contributed by atoms with van der Waals surface area (Å²) in [6.45, 7) is 14.6. The van der Waals surface area contributed by atoms with E-state index in [-0.39, 0.29) is 0 Å². The van der Waals surface area contributed by atoms with E-state index in [0.717, 1.165) is 42.0 Å². The Morgan fingerprint density at radius 3 is 2.32 bits per heavy atom. The summed E-state index contributed by atoms with van der Waals surface area (Å²) in [6, 6.07) is 8.44. The fourth-order valence-electron chi connectivity index (χ4n) is 3.35. The Bertz CT molecular complexity index is 659. The molecule has 2 rings (SSSR count). The van der Waals surface area contributed by atoms with Crippen LogP contribution in [0.15, 0.2) is 30.5 Å². The van der Waals surface area contributed by atoms with Crippen LogP contribution in [0.4, 0.5) is 5.69 Å². The average Bonchev–Trinajstić information content (AvgIpc) is 2.53. The van der Waals surface area contributed by atoms with Crippen LogP contribution in [0.1, 0.15) is 34.6 Å². The third-order valence-electron chi connectivity index (χ3n) is 4.09. The summed E-state index contributed by atoms with van der Waals surface area (Å²) >= 11 is 0. The van der Waals surface area contributed by atoms with Crippen LogP contribution in [0, 0.1) is 11.8 Å². The van der Waals surface area contributed by atoms with Crippen molar-refractivity contribution in [2.24, 2.45) is 11.8 Å². The molecule has 1 atom stereocenters. The Balaban J connectivity index is 2.15. The number of rotatable bonds is 9. The van der Waals surface area contributed by atoms with Crippen LogP contribution in [0.2, 0.25) is 0 Å². The molecule has 0 saturated carbocycles. The number of ether oxygens (including phenoxy) is 1. The van der Waals surface area contributed by atoms with E-state index in [0.29, 0.717) is 17.9 Å². The van der Waals surface area contributed by atoms with Crippen LogP contribution in [0.25, 0.3) is 10.9 Å². The maximum atomic E-state index is 5.45. The molecule has 0 saturated heterocycles. The maximum Gasteiger partial charge on any atom is 0.121 e. The summed E-state index contributed by atoms with van der Waals surface area (Å²) in [5.74, 6) is 2.20. The highest BCUT2D eigenvalue weighted by Gasteiger charge is 2.15. The molecule has 0 amide bonds. The van der Waals surface area contributed by atoms with E-state index in [1.807, 2.05) is 24.4 Å². The molecule has 1 aromatic heterocycles. The van der Waals surface area contributed by atoms with Crippen molar-refractivity contribution in [3.63, 3.8) is 0 Å². The van der Waals surface area contributed by atoms with Gasteiger partial charge in [-0.15, -0.1) is 0 Å². The summed E-state index contributed by atoms with van der Waals surface area (Å²) in [7, 11) is 1.71.